The fourth-order valence-corrected chi connectivity index (χ4v) is 4.87. The lowest BCUT2D eigenvalue weighted by molar-refractivity contribution is -0.116. The summed E-state index contributed by atoms with van der Waals surface area (Å²) in [6.45, 7) is 1.33. The summed E-state index contributed by atoms with van der Waals surface area (Å²) in [5.41, 5.74) is 1.74. The molecule has 0 atom stereocenters. The SMILES string of the molecule is COC(=O)c1cc(OC)c(OC)cc1NC(=O)CN(Cc1ccccc1)S(=O)(=O)c1ccc(C)cc1. The maximum atomic E-state index is 13.5. The van der Waals surface area contributed by atoms with Crippen molar-refractivity contribution in [1.82, 2.24) is 4.31 Å². The van der Waals surface area contributed by atoms with Crippen LogP contribution in [0.5, 0.6) is 11.5 Å². The van der Waals surface area contributed by atoms with E-state index in [0.29, 0.717) is 5.56 Å². The van der Waals surface area contributed by atoms with Crippen molar-refractivity contribution >= 4 is 27.6 Å². The molecule has 0 unspecified atom stereocenters. The molecule has 0 radical (unpaired) electrons. The minimum atomic E-state index is -4.02. The molecule has 0 aliphatic carbocycles. The lowest BCUT2D eigenvalue weighted by Crippen LogP contribution is -2.37. The molecule has 0 aliphatic heterocycles. The quantitative estimate of drug-likeness (QED) is 0.413. The Hall–Kier alpha value is -3.89. The highest BCUT2D eigenvalue weighted by Gasteiger charge is 2.28. The van der Waals surface area contributed by atoms with Crippen LogP contribution in [0.3, 0.4) is 0 Å². The lowest BCUT2D eigenvalue weighted by Gasteiger charge is -2.22. The average Bonchev–Trinajstić information content (AvgIpc) is 2.88. The second kappa shape index (κ2) is 11.7. The Bertz CT molecular complexity index is 1320. The number of aryl methyl sites for hydroxylation is 1. The van der Waals surface area contributed by atoms with Crippen molar-refractivity contribution in [3.63, 3.8) is 0 Å². The van der Waals surface area contributed by atoms with Gasteiger partial charge in [-0.2, -0.15) is 4.31 Å². The summed E-state index contributed by atoms with van der Waals surface area (Å²) in [5, 5.41) is 2.62. The van der Waals surface area contributed by atoms with E-state index < -0.39 is 28.4 Å². The third-order valence-electron chi connectivity index (χ3n) is 5.38. The number of hydrogen-bond donors (Lipinski definition) is 1. The highest BCUT2D eigenvalue weighted by molar-refractivity contribution is 7.89. The number of nitrogens with one attached hydrogen (secondary N) is 1. The number of rotatable bonds is 10. The number of sulfonamides is 1. The van der Waals surface area contributed by atoms with Gasteiger partial charge in [-0.1, -0.05) is 48.0 Å². The number of methoxy groups -OCH3 is 3. The van der Waals surface area contributed by atoms with E-state index in [-0.39, 0.29) is 34.2 Å². The van der Waals surface area contributed by atoms with Gasteiger partial charge in [0.05, 0.1) is 44.0 Å². The van der Waals surface area contributed by atoms with Crippen LogP contribution in [0.25, 0.3) is 0 Å². The van der Waals surface area contributed by atoms with Crippen molar-refractivity contribution in [2.75, 3.05) is 33.2 Å². The first-order valence-corrected chi connectivity index (χ1v) is 12.4. The van der Waals surface area contributed by atoms with Gasteiger partial charge in [-0.15, -0.1) is 0 Å². The lowest BCUT2D eigenvalue weighted by atomic mass is 10.1. The second-order valence-corrected chi connectivity index (χ2v) is 9.80. The van der Waals surface area contributed by atoms with Gasteiger partial charge in [-0.05, 0) is 24.6 Å². The van der Waals surface area contributed by atoms with E-state index in [4.69, 9.17) is 14.2 Å². The molecule has 0 aromatic heterocycles. The predicted octanol–water partition coefficient (Wildman–Crippen LogP) is 3.63. The number of benzene rings is 3. The highest BCUT2D eigenvalue weighted by atomic mass is 32.2. The smallest absolute Gasteiger partial charge is 0.340 e. The van der Waals surface area contributed by atoms with Crippen LogP contribution in [0, 0.1) is 6.92 Å². The molecule has 0 aliphatic rings. The Morgan fingerprint density at radius 3 is 2.08 bits per heavy atom. The minimum absolute atomic E-state index is 0.0273. The Morgan fingerprint density at radius 1 is 0.889 bits per heavy atom. The van der Waals surface area contributed by atoms with Gasteiger partial charge in [-0.25, -0.2) is 13.2 Å². The maximum absolute atomic E-state index is 13.5. The Labute approximate surface area is 210 Å². The van der Waals surface area contributed by atoms with Crippen LogP contribution in [0.15, 0.2) is 71.6 Å². The number of hydrogen-bond acceptors (Lipinski definition) is 7. The normalized spacial score (nSPS) is 11.1. The first kappa shape index (κ1) is 26.7. The van der Waals surface area contributed by atoms with Gasteiger partial charge in [0, 0.05) is 18.7 Å². The van der Waals surface area contributed by atoms with Crippen molar-refractivity contribution < 1.29 is 32.2 Å². The van der Waals surface area contributed by atoms with Crippen molar-refractivity contribution in [1.29, 1.82) is 0 Å². The Balaban J connectivity index is 1.95. The van der Waals surface area contributed by atoms with Crippen molar-refractivity contribution in [2.45, 2.75) is 18.4 Å². The van der Waals surface area contributed by atoms with Crippen LogP contribution in [-0.2, 0) is 26.1 Å². The van der Waals surface area contributed by atoms with Gasteiger partial charge < -0.3 is 19.5 Å². The third kappa shape index (κ3) is 6.21. The van der Waals surface area contributed by atoms with Crippen LogP contribution in [0.2, 0.25) is 0 Å². The first-order valence-electron chi connectivity index (χ1n) is 10.9. The van der Waals surface area contributed by atoms with E-state index in [1.807, 2.05) is 13.0 Å². The fourth-order valence-electron chi connectivity index (χ4n) is 3.48. The third-order valence-corrected chi connectivity index (χ3v) is 7.19. The van der Waals surface area contributed by atoms with E-state index in [9.17, 15) is 18.0 Å². The van der Waals surface area contributed by atoms with Crippen molar-refractivity contribution in [2.24, 2.45) is 0 Å². The fraction of sp³-hybridized carbons (Fsp3) is 0.231. The summed E-state index contributed by atoms with van der Waals surface area (Å²) >= 11 is 0. The number of carbonyl (C=O) groups excluding carboxylic acids is 2. The van der Waals surface area contributed by atoms with Crippen LogP contribution in [0.1, 0.15) is 21.5 Å². The molecule has 0 fully saturated rings. The molecule has 0 saturated carbocycles. The molecule has 36 heavy (non-hydrogen) atoms. The van der Waals surface area contributed by atoms with Gasteiger partial charge in [0.1, 0.15) is 0 Å². The summed E-state index contributed by atoms with van der Waals surface area (Å²) in [5.74, 6) is -0.823. The molecule has 9 nitrogen and oxygen atoms in total. The van der Waals surface area contributed by atoms with E-state index in [1.54, 1.807) is 36.4 Å². The van der Waals surface area contributed by atoms with Gasteiger partial charge >= 0.3 is 5.97 Å². The second-order valence-electron chi connectivity index (χ2n) is 7.86. The van der Waals surface area contributed by atoms with Crippen LogP contribution >= 0.6 is 0 Å². The number of carbonyl (C=O) groups is 2. The molecule has 0 spiro atoms. The first-order chi connectivity index (χ1) is 17.2. The van der Waals surface area contributed by atoms with Gasteiger partial charge in [0.25, 0.3) is 0 Å². The number of esters is 1. The van der Waals surface area contributed by atoms with Gasteiger partial charge in [0.2, 0.25) is 15.9 Å². The molecule has 10 heteroatoms. The van der Waals surface area contributed by atoms with Crippen LogP contribution in [-0.4, -0.2) is 52.5 Å². The van der Waals surface area contributed by atoms with Gasteiger partial charge in [0.15, 0.2) is 11.5 Å². The summed E-state index contributed by atoms with van der Waals surface area (Å²) in [7, 11) is 0.0119. The van der Waals surface area contributed by atoms with E-state index >= 15 is 0 Å². The van der Waals surface area contributed by atoms with E-state index in [0.717, 1.165) is 9.87 Å². The molecule has 1 N–H and O–H groups in total. The Morgan fingerprint density at radius 2 is 1.50 bits per heavy atom. The van der Waals surface area contributed by atoms with Gasteiger partial charge in [-0.3, -0.25) is 4.79 Å². The summed E-state index contributed by atoms with van der Waals surface area (Å²) in [4.78, 5) is 25.5. The largest absolute Gasteiger partial charge is 0.493 e. The predicted molar refractivity (Wildman–Crippen MR) is 135 cm³/mol. The summed E-state index contributed by atoms with van der Waals surface area (Å²) in [6.07, 6.45) is 0. The van der Waals surface area contributed by atoms with Crippen LogP contribution < -0.4 is 14.8 Å². The number of nitrogens with zero attached hydrogens (tertiary/aromatic N) is 1. The maximum Gasteiger partial charge on any atom is 0.340 e. The molecule has 0 saturated heterocycles. The monoisotopic (exact) mass is 512 g/mol. The molecule has 1 amide bonds. The van der Waals surface area contributed by atoms with E-state index in [2.05, 4.69) is 5.32 Å². The van der Waals surface area contributed by atoms with E-state index in [1.165, 1.54) is 45.6 Å². The zero-order valence-corrected chi connectivity index (χ0v) is 21.3. The Kier molecular flexibility index (Phi) is 8.68. The zero-order valence-electron chi connectivity index (χ0n) is 20.5. The molecule has 0 heterocycles. The standard InChI is InChI=1S/C26H28N2O7S/c1-18-10-12-20(13-11-18)36(31,32)28(16-19-8-6-5-7-9-19)17-25(29)27-22-15-24(34-3)23(33-2)14-21(22)26(30)35-4/h5-15H,16-17H2,1-4H3,(H,27,29). The molecule has 3 aromatic rings. The van der Waals surface area contributed by atoms with Crippen molar-refractivity contribution in [3.8, 4) is 11.5 Å². The minimum Gasteiger partial charge on any atom is -0.493 e. The molecular weight excluding hydrogens is 484 g/mol. The molecule has 3 rings (SSSR count). The molecular formula is C26H28N2O7S. The number of amides is 1. The summed E-state index contributed by atoms with van der Waals surface area (Å²) in [6, 6.07) is 18.1. The topological polar surface area (TPSA) is 111 Å². The van der Waals surface area contributed by atoms with Crippen molar-refractivity contribution in [3.05, 3.63) is 83.4 Å². The van der Waals surface area contributed by atoms with Crippen LogP contribution in [0.4, 0.5) is 5.69 Å². The molecule has 190 valence electrons. The average molecular weight is 513 g/mol. The zero-order chi connectivity index (χ0) is 26.3. The molecule has 0 bridgehead atoms. The number of anilines is 1. The molecule has 3 aromatic carbocycles. The highest BCUT2D eigenvalue weighted by Crippen LogP contribution is 2.34. The summed E-state index contributed by atoms with van der Waals surface area (Å²) < 4.78 is 43.4. The number of ether oxygens (including phenoxy) is 3.